The first kappa shape index (κ1) is 14.1. The predicted molar refractivity (Wildman–Crippen MR) is 85.6 cm³/mol. The molecule has 0 radical (unpaired) electrons. The largest absolute Gasteiger partial charge is 0.475 e. The van der Waals surface area contributed by atoms with Gasteiger partial charge in [-0.2, -0.15) is 4.98 Å². The van der Waals surface area contributed by atoms with Crippen LogP contribution in [0.1, 0.15) is 10.4 Å². The van der Waals surface area contributed by atoms with Crippen LogP contribution >= 0.6 is 0 Å². The molecule has 0 fully saturated rings. The molecule has 0 aliphatic carbocycles. The van der Waals surface area contributed by atoms with Gasteiger partial charge in [0.05, 0.1) is 17.4 Å². The highest BCUT2D eigenvalue weighted by atomic mass is 16.5. The minimum atomic E-state index is -0.397. The molecule has 1 aliphatic rings. The Labute approximate surface area is 134 Å². The van der Waals surface area contributed by atoms with Gasteiger partial charge in [-0.3, -0.25) is 9.59 Å². The maximum Gasteiger partial charge on any atom is 0.260 e. The van der Waals surface area contributed by atoms with E-state index in [1.165, 1.54) is 0 Å². The van der Waals surface area contributed by atoms with Crippen LogP contribution in [0.3, 0.4) is 0 Å². The van der Waals surface area contributed by atoms with Gasteiger partial charge in [-0.15, -0.1) is 0 Å². The predicted octanol–water partition coefficient (Wildman–Crippen LogP) is 0.0845. The Kier molecular flexibility index (Phi) is 3.12. The number of aromatic amines is 1. The number of rotatable bonds is 1. The SMILES string of the molecule is Nc1nc(-c2nc3ccccc3c(=O)[nH]2)nc2c1C(=O)NCCO2. The molecule has 120 valence electrons. The molecule has 24 heavy (non-hydrogen) atoms. The summed E-state index contributed by atoms with van der Waals surface area (Å²) in [5.74, 6) is -0.120. The third-order valence-corrected chi connectivity index (χ3v) is 3.58. The zero-order valence-corrected chi connectivity index (χ0v) is 12.4. The number of para-hydroxylation sites is 1. The van der Waals surface area contributed by atoms with Crippen LogP contribution in [0.5, 0.6) is 5.88 Å². The second-order valence-electron chi connectivity index (χ2n) is 5.15. The van der Waals surface area contributed by atoms with E-state index in [9.17, 15) is 9.59 Å². The Morgan fingerprint density at radius 1 is 1.12 bits per heavy atom. The lowest BCUT2D eigenvalue weighted by Crippen LogP contribution is -2.25. The fourth-order valence-corrected chi connectivity index (χ4v) is 2.47. The number of carbonyl (C=O) groups is 1. The number of fused-ring (bicyclic) bond motifs is 2. The number of benzene rings is 1. The molecule has 0 saturated heterocycles. The summed E-state index contributed by atoms with van der Waals surface area (Å²) in [4.78, 5) is 39.4. The highest BCUT2D eigenvalue weighted by molar-refractivity contribution is 6.01. The zero-order chi connectivity index (χ0) is 16.7. The second-order valence-corrected chi connectivity index (χ2v) is 5.15. The van der Waals surface area contributed by atoms with Gasteiger partial charge in [0.2, 0.25) is 11.7 Å². The Hall–Kier alpha value is -3.49. The first-order valence-electron chi connectivity index (χ1n) is 7.21. The molecule has 9 nitrogen and oxygen atoms in total. The van der Waals surface area contributed by atoms with Crippen LogP contribution in [-0.2, 0) is 0 Å². The number of nitrogens with two attached hydrogens (primary N) is 1. The Bertz CT molecular complexity index is 1030. The monoisotopic (exact) mass is 324 g/mol. The van der Waals surface area contributed by atoms with Crippen molar-refractivity contribution in [3.8, 4) is 17.5 Å². The molecule has 0 atom stereocenters. The molecule has 4 rings (SSSR count). The third-order valence-electron chi connectivity index (χ3n) is 3.58. The average molecular weight is 324 g/mol. The van der Waals surface area contributed by atoms with Gasteiger partial charge in [0.1, 0.15) is 18.0 Å². The van der Waals surface area contributed by atoms with Gasteiger partial charge in [0.15, 0.2) is 5.82 Å². The Morgan fingerprint density at radius 3 is 2.83 bits per heavy atom. The smallest absolute Gasteiger partial charge is 0.260 e. The molecule has 0 unspecified atom stereocenters. The van der Waals surface area contributed by atoms with Gasteiger partial charge in [0.25, 0.3) is 11.5 Å². The topological polar surface area (TPSA) is 136 Å². The van der Waals surface area contributed by atoms with Crippen molar-refractivity contribution in [2.24, 2.45) is 0 Å². The van der Waals surface area contributed by atoms with Crippen molar-refractivity contribution in [1.29, 1.82) is 0 Å². The van der Waals surface area contributed by atoms with Crippen LogP contribution in [-0.4, -0.2) is 39.0 Å². The van der Waals surface area contributed by atoms with Crippen molar-refractivity contribution in [3.63, 3.8) is 0 Å². The standard InChI is InChI=1S/C15H12N6O3/c16-10-9-14(23)17-5-6-24-15(9)21-12(19-10)11-18-8-4-2-1-3-7(8)13(22)20-11/h1-4H,5-6H2,(H,17,23)(H2,16,19,21)(H,18,20,22). The van der Waals surface area contributed by atoms with Crippen LogP contribution in [0.4, 0.5) is 5.82 Å². The van der Waals surface area contributed by atoms with E-state index in [1.807, 2.05) is 0 Å². The van der Waals surface area contributed by atoms with Crippen molar-refractivity contribution in [2.75, 3.05) is 18.9 Å². The normalized spacial score (nSPS) is 13.8. The molecule has 1 aliphatic heterocycles. The zero-order valence-electron chi connectivity index (χ0n) is 12.4. The van der Waals surface area contributed by atoms with Gasteiger partial charge >= 0.3 is 0 Å². The van der Waals surface area contributed by atoms with Crippen molar-refractivity contribution < 1.29 is 9.53 Å². The summed E-state index contributed by atoms with van der Waals surface area (Å²) in [7, 11) is 0. The summed E-state index contributed by atoms with van der Waals surface area (Å²) in [6.07, 6.45) is 0. The van der Waals surface area contributed by atoms with Crippen LogP contribution in [0.15, 0.2) is 29.1 Å². The van der Waals surface area contributed by atoms with Crippen LogP contribution in [0, 0.1) is 0 Å². The van der Waals surface area contributed by atoms with E-state index in [-0.39, 0.29) is 41.1 Å². The maximum absolute atomic E-state index is 12.2. The van der Waals surface area contributed by atoms with E-state index in [0.29, 0.717) is 17.4 Å². The maximum atomic E-state index is 12.2. The molecule has 3 heterocycles. The number of amides is 1. The number of ether oxygens (including phenoxy) is 1. The van der Waals surface area contributed by atoms with Crippen LogP contribution in [0.25, 0.3) is 22.6 Å². The summed E-state index contributed by atoms with van der Waals surface area (Å²) in [6.45, 7) is 0.603. The number of hydrogen-bond donors (Lipinski definition) is 3. The lowest BCUT2D eigenvalue weighted by Gasteiger charge is -2.09. The lowest BCUT2D eigenvalue weighted by molar-refractivity contribution is 0.0957. The van der Waals surface area contributed by atoms with E-state index >= 15 is 0 Å². The molecule has 2 aromatic heterocycles. The Balaban J connectivity index is 1.92. The van der Waals surface area contributed by atoms with E-state index in [1.54, 1.807) is 24.3 Å². The molecule has 0 spiro atoms. The highest BCUT2D eigenvalue weighted by Gasteiger charge is 2.24. The molecule has 1 amide bonds. The van der Waals surface area contributed by atoms with Crippen LogP contribution < -0.4 is 21.3 Å². The number of aromatic nitrogens is 4. The molecular weight excluding hydrogens is 312 g/mol. The number of anilines is 1. The van der Waals surface area contributed by atoms with E-state index in [4.69, 9.17) is 10.5 Å². The number of hydrogen-bond acceptors (Lipinski definition) is 7. The third kappa shape index (κ3) is 2.22. The molecule has 4 N–H and O–H groups in total. The van der Waals surface area contributed by atoms with Gasteiger partial charge in [-0.1, -0.05) is 12.1 Å². The summed E-state index contributed by atoms with van der Waals surface area (Å²) in [5, 5.41) is 3.09. The summed E-state index contributed by atoms with van der Waals surface area (Å²) in [5.41, 5.74) is 6.15. The molecule has 1 aromatic carbocycles. The fraction of sp³-hybridized carbons (Fsp3) is 0.133. The number of nitrogens with zero attached hydrogens (tertiary/aromatic N) is 3. The van der Waals surface area contributed by atoms with Gasteiger partial charge in [0, 0.05) is 0 Å². The van der Waals surface area contributed by atoms with Gasteiger partial charge in [-0.05, 0) is 12.1 Å². The second kappa shape index (κ2) is 5.30. The van der Waals surface area contributed by atoms with Crippen molar-refractivity contribution in [3.05, 3.63) is 40.2 Å². The van der Waals surface area contributed by atoms with Crippen molar-refractivity contribution >= 4 is 22.6 Å². The minimum Gasteiger partial charge on any atom is -0.475 e. The summed E-state index contributed by atoms with van der Waals surface area (Å²) >= 11 is 0. The quantitative estimate of drug-likeness (QED) is 0.577. The Morgan fingerprint density at radius 2 is 1.96 bits per heavy atom. The van der Waals surface area contributed by atoms with E-state index < -0.39 is 5.91 Å². The minimum absolute atomic E-state index is 0.0368. The van der Waals surface area contributed by atoms with Crippen molar-refractivity contribution in [2.45, 2.75) is 0 Å². The molecule has 9 heteroatoms. The molecule has 0 saturated carbocycles. The van der Waals surface area contributed by atoms with E-state index in [2.05, 4.69) is 25.3 Å². The number of carbonyl (C=O) groups excluding carboxylic acids is 1. The lowest BCUT2D eigenvalue weighted by atomic mass is 10.2. The number of H-pyrrole nitrogens is 1. The van der Waals surface area contributed by atoms with Crippen LogP contribution in [0.2, 0.25) is 0 Å². The fourth-order valence-electron chi connectivity index (χ4n) is 2.47. The number of nitrogens with one attached hydrogen (secondary N) is 2. The average Bonchev–Trinajstić information content (AvgIpc) is 2.76. The molecule has 3 aromatic rings. The first-order chi connectivity index (χ1) is 11.6. The van der Waals surface area contributed by atoms with E-state index in [0.717, 1.165) is 0 Å². The molecular formula is C15H12N6O3. The summed E-state index contributed by atoms with van der Waals surface area (Å²) < 4.78 is 5.45. The molecule has 0 bridgehead atoms. The highest BCUT2D eigenvalue weighted by Crippen LogP contribution is 2.25. The summed E-state index contributed by atoms with van der Waals surface area (Å²) in [6, 6.07) is 6.91. The van der Waals surface area contributed by atoms with Gasteiger partial charge in [-0.25, -0.2) is 9.97 Å². The van der Waals surface area contributed by atoms with Crippen molar-refractivity contribution in [1.82, 2.24) is 25.3 Å². The number of nitrogen functional groups attached to an aromatic ring is 1. The first-order valence-corrected chi connectivity index (χ1v) is 7.21. The van der Waals surface area contributed by atoms with Gasteiger partial charge < -0.3 is 20.8 Å².